The number of hydrogen-bond acceptors (Lipinski definition) is 7. The standard InChI is InChI=1S/C21H25N5O4S/c1-13-21(27)25(2)17-5-6-19(24-20(17)26(13)16-7-9-30-10-8-16)23-15-4-3-14-12-22-31(28,29)18(14)11-15/h3-6,11,13,16,22H,7-10,12H2,1-2H3,(H,23,24)/t13-/m1/s1. The second-order valence-electron chi connectivity index (χ2n) is 8.14. The van der Waals surface area contributed by atoms with Crippen LogP contribution in [0.2, 0.25) is 0 Å². The summed E-state index contributed by atoms with van der Waals surface area (Å²) in [5.74, 6) is 1.38. The SMILES string of the molecule is C[C@@H]1C(=O)N(C)c2ccc(Nc3ccc4c(c3)S(=O)(=O)NC4)nc2N1C1CCOCC1. The van der Waals surface area contributed by atoms with Crippen molar-refractivity contribution >= 4 is 38.9 Å². The first-order chi connectivity index (χ1) is 14.8. The molecule has 9 nitrogen and oxygen atoms in total. The number of carbonyl (C=O) groups is 1. The molecule has 0 radical (unpaired) electrons. The highest BCUT2D eigenvalue weighted by molar-refractivity contribution is 7.89. The number of nitrogens with one attached hydrogen (secondary N) is 2. The summed E-state index contributed by atoms with van der Waals surface area (Å²) >= 11 is 0. The van der Waals surface area contributed by atoms with E-state index in [0.717, 1.165) is 29.9 Å². The smallest absolute Gasteiger partial charge is 0.249 e. The predicted octanol–water partition coefficient (Wildman–Crippen LogP) is 1.97. The van der Waals surface area contributed by atoms with Crippen molar-refractivity contribution in [3.8, 4) is 0 Å². The molecule has 3 aliphatic rings. The minimum absolute atomic E-state index is 0.0397. The Labute approximate surface area is 181 Å². The summed E-state index contributed by atoms with van der Waals surface area (Å²) in [7, 11) is -1.68. The molecule has 0 aliphatic carbocycles. The number of carbonyl (C=O) groups excluding carboxylic acids is 1. The Morgan fingerprint density at radius 3 is 2.74 bits per heavy atom. The lowest BCUT2D eigenvalue weighted by Gasteiger charge is -2.44. The monoisotopic (exact) mass is 443 g/mol. The Bertz CT molecular complexity index is 1150. The Kier molecular flexibility index (Phi) is 4.87. The second-order valence-corrected chi connectivity index (χ2v) is 9.87. The molecule has 0 unspecified atom stereocenters. The summed E-state index contributed by atoms with van der Waals surface area (Å²) in [6.45, 7) is 3.57. The number of likely N-dealkylation sites (N-methyl/N-ethyl adjacent to an activating group) is 1. The largest absolute Gasteiger partial charge is 0.381 e. The summed E-state index contributed by atoms with van der Waals surface area (Å²) in [5.41, 5.74) is 2.16. The zero-order chi connectivity index (χ0) is 21.8. The predicted molar refractivity (Wildman–Crippen MR) is 117 cm³/mol. The number of nitrogens with zero attached hydrogens (tertiary/aromatic N) is 3. The summed E-state index contributed by atoms with van der Waals surface area (Å²) in [5, 5.41) is 3.23. The number of sulfonamides is 1. The van der Waals surface area contributed by atoms with Gasteiger partial charge in [0, 0.05) is 38.5 Å². The minimum atomic E-state index is -3.45. The summed E-state index contributed by atoms with van der Waals surface area (Å²) in [4.78, 5) is 21.7. The molecule has 2 aromatic rings. The highest BCUT2D eigenvalue weighted by Gasteiger charge is 2.39. The lowest BCUT2D eigenvalue weighted by atomic mass is 10.0. The van der Waals surface area contributed by atoms with Crippen molar-refractivity contribution in [3.05, 3.63) is 35.9 Å². The Morgan fingerprint density at radius 1 is 1.19 bits per heavy atom. The summed E-state index contributed by atoms with van der Waals surface area (Å²) < 4.78 is 32.4. The Balaban J connectivity index is 1.50. The Hall–Kier alpha value is -2.69. The van der Waals surface area contributed by atoms with Gasteiger partial charge >= 0.3 is 0 Å². The van der Waals surface area contributed by atoms with E-state index >= 15 is 0 Å². The fraction of sp³-hybridized carbons (Fsp3) is 0.429. The molecular formula is C21H25N5O4S. The first kappa shape index (κ1) is 20.2. The lowest BCUT2D eigenvalue weighted by molar-refractivity contribution is -0.119. The van der Waals surface area contributed by atoms with Crippen LogP contribution in [0.25, 0.3) is 0 Å². The van der Waals surface area contributed by atoms with E-state index in [4.69, 9.17) is 9.72 Å². The van der Waals surface area contributed by atoms with E-state index in [-0.39, 0.29) is 18.0 Å². The van der Waals surface area contributed by atoms with Crippen LogP contribution in [0, 0.1) is 0 Å². The van der Waals surface area contributed by atoms with Gasteiger partial charge in [-0.1, -0.05) is 6.07 Å². The van der Waals surface area contributed by atoms with Crippen molar-refractivity contribution < 1.29 is 17.9 Å². The molecule has 1 aromatic heterocycles. The summed E-state index contributed by atoms with van der Waals surface area (Å²) in [6.07, 6.45) is 1.69. The fourth-order valence-electron chi connectivity index (χ4n) is 4.54. The van der Waals surface area contributed by atoms with E-state index in [0.29, 0.717) is 36.2 Å². The van der Waals surface area contributed by atoms with Crippen LogP contribution in [-0.4, -0.2) is 51.7 Å². The van der Waals surface area contributed by atoms with E-state index in [1.165, 1.54) is 0 Å². The zero-order valence-corrected chi connectivity index (χ0v) is 18.3. The number of fused-ring (bicyclic) bond motifs is 2. The molecule has 1 saturated heterocycles. The average Bonchev–Trinajstić information content (AvgIpc) is 3.07. The van der Waals surface area contributed by atoms with Crippen LogP contribution in [0.1, 0.15) is 25.3 Å². The molecule has 1 amide bonds. The summed E-state index contributed by atoms with van der Waals surface area (Å²) in [6, 6.07) is 8.82. The molecule has 0 bridgehead atoms. The molecular weight excluding hydrogens is 418 g/mol. The van der Waals surface area contributed by atoms with E-state index in [2.05, 4.69) is 14.9 Å². The van der Waals surface area contributed by atoms with Crippen molar-refractivity contribution in [2.75, 3.05) is 35.4 Å². The third kappa shape index (κ3) is 3.44. The maximum absolute atomic E-state index is 12.8. The van der Waals surface area contributed by atoms with Gasteiger partial charge in [0.1, 0.15) is 11.9 Å². The van der Waals surface area contributed by atoms with E-state index in [9.17, 15) is 13.2 Å². The van der Waals surface area contributed by atoms with Crippen LogP contribution >= 0.6 is 0 Å². The van der Waals surface area contributed by atoms with Gasteiger partial charge < -0.3 is 19.9 Å². The van der Waals surface area contributed by atoms with Gasteiger partial charge in [0.05, 0.1) is 10.6 Å². The van der Waals surface area contributed by atoms with Crippen LogP contribution in [0.15, 0.2) is 35.2 Å². The van der Waals surface area contributed by atoms with Crippen molar-refractivity contribution in [1.82, 2.24) is 9.71 Å². The Morgan fingerprint density at radius 2 is 1.97 bits per heavy atom. The molecule has 1 atom stereocenters. The van der Waals surface area contributed by atoms with Crippen LogP contribution in [-0.2, 0) is 26.1 Å². The zero-order valence-electron chi connectivity index (χ0n) is 17.5. The van der Waals surface area contributed by atoms with Crippen molar-refractivity contribution in [3.63, 3.8) is 0 Å². The molecule has 1 fully saturated rings. The molecule has 4 heterocycles. The molecule has 0 saturated carbocycles. The lowest BCUT2D eigenvalue weighted by Crippen LogP contribution is -2.56. The third-order valence-electron chi connectivity index (χ3n) is 6.23. The third-order valence-corrected chi connectivity index (χ3v) is 7.72. The van der Waals surface area contributed by atoms with E-state index in [1.807, 2.05) is 19.1 Å². The van der Waals surface area contributed by atoms with Crippen molar-refractivity contribution in [2.24, 2.45) is 0 Å². The minimum Gasteiger partial charge on any atom is -0.381 e. The molecule has 5 rings (SSSR count). The van der Waals surface area contributed by atoms with Gasteiger partial charge in [0.25, 0.3) is 0 Å². The van der Waals surface area contributed by atoms with Crippen LogP contribution in [0.5, 0.6) is 0 Å². The number of ether oxygens (including phenoxy) is 1. The van der Waals surface area contributed by atoms with Crippen molar-refractivity contribution in [1.29, 1.82) is 0 Å². The molecule has 3 aliphatic heterocycles. The highest BCUT2D eigenvalue weighted by Crippen LogP contribution is 2.38. The van der Waals surface area contributed by atoms with E-state index < -0.39 is 10.0 Å². The number of rotatable bonds is 3. The van der Waals surface area contributed by atoms with Gasteiger partial charge in [-0.25, -0.2) is 18.1 Å². The number of hydrogen-bond donors (Lipinski definition) is 2. The van der Waals surface area contributed by atoms with Gasteiger partial charge in [-0.05, 0) is 49.6 Å². The number of amides is 1. The van der Waals surface area contributed by atoms with Crippen LogP contribution < -0.4 is 19.8 Å². The van der Waals surface area contributed by atoms with Crippen LogP contribution in [0.3, 0.4) is 0 Å². The molecule has 1 aromatic carbocycles. The van der Waals surface area contributed by atoms with Gasteiger partial charge in [-0.15, -0.1) is 0 Å². The number of pyridine rings is 1. The van der Waals surface area contributed by atoms with Crippen molar-refractivity contribution in [2.45, 2.75) is 43.3 Å². The highest BCUT2D eigenvalue weighted by atomic mass is 32.2. The number of benzene rings is 1. The first-order valence-corrected chi connectivity index (χ1v) is 11.9. The first-order valence-electron chi connectivity index (χ1n) is 10.4. The topological polar surface area (TPSA) is 104 Å². The van der Waals surface area contributed by atoms with Crippen LogP contribution in [0.4, 0.5) is 23.0 Å². The quantitative estimate of drug-likeness (QED) is 0.747. The number of aromatic nitrogens is 1. The maximum Gasteiger partial charge on any atom is 0.249 e. The van der Waals surface area contributed by atoms with Gasteiger partial charge in [0.15, 0.2) is 5.82 Å². The normalized spacial score (nSPS) is 22.9. The molecule has 164 valence electrons. The molecule has 31 heavy (non-hydrogen) atoms. The molecule has 10 heteroatoms. The number of anilines is 4. The molecule has 2 N–H and O–H groups in total. The van der Waals surface area contributed by atoms with E-state index in [1.54, 1.807) is 30.1 Å². The molecule has 0 spiro atoms. The van der Waals surface area contributed by atoms with Gasteiger partial charge in [-0.2, -0.15) is 0 Å². The van der Waals surface area contributed by atoms with Gasteiger partial charge in [0.2, 0.25) is 15.9 Å². The average molecular weight is 444 g/mol. The fourth-order valence-corrected chi connectivity index (χ4v) is 5.81. The second kappa shape index (κ2) is 7.47. The van der Waals surface area contributed by atoms with Gasteiger partial charge in [-0.3, -0.25) is 4.79 Å². The maximum atomic E-state index is 12.8.